The van der Waals surface area contributed by atoms with Gasteiger partial charge in [0.2, 0.25) is 6.41 Å². The van der Waals surface area contributed by atoms with Crippen molar-refractivity contribution in [2.45, 2.75) is 25.8 Å². The predicted molar refractivity (Wildman–Crippen MR) is 58.0 cm³/mol. The van der Waals surface area contributed by atoms with Gasteiger partial charge >= 0.3 is 0 Å². The molecule has 1 rings (SSSR count). The Hall–Kier alpha value is -1.42. The first-order chi connectivity index (χ1) is 7.27. The number of nitrogens with zero attached hydrogens (tertiary/aromatic N) is 1. The second-order valence-electron chi connectivity index (χ2n) is 3.15. The van der Waals surface area contributed by atoms with Crippen LogP contribution >= 0.6 is 0 Å². The van der Waals surface area contributed by atoms with Gasteiger partial charge in [0.15, 0.2) is 0 Å². The molecule has 0 radical (unpaired) electrons. The Morgan fingerprint density at radius 2 is 1.93 bits per heavy atom. The number of aliphatic hydroxyl groups is 1. The maximum Gasteiger partial charge on any atom is 0.213 e. The largest absolute Gasteiger partial charge is 0.400 e. The molecular weight excluding hydrogens is 194 g/mol. The maximum atomic E-state index is 10.5. The molecule has 1 fully saturated rings. The van der Waals surface area contributed by atoms with Gasteiger partial charge in [0.1, 0.15) is 6.29 Å². The van der Waals surface area contributed by atoms with Crippen molar-refractivity contribution in [3.8, 4) is 0 Å². The van der Waals surface area contributed by atoms with Crippen molar-refractivity contribution in [3.05, 3.63) is 23.9 Å². The number of rotatable bonds is 5. The quantitative estimate of drug-likeness (QED) is 0.417. The Bertz CT molecular complexity index is 255. The molecule has 0 spiro atoms. The lowest BCUT2D eigenvalue weighted by Gasteiger charge is -2.08. The second-order valence-corrected chi connectivity index (χ2v) is 3.15. The lowest BCUT2D eigenvalue weighted by molar-refractivity contribution is -0.116. The third-order valence-corrected chi connectivity index (χ3v) is 1.89. The average Bonchev–Trinajstić information content (AvgIpc) is 3.11. The molecular formula is C11H17NO3. The van der Waals surface area contributed by atoms with Crippen LogP contribution in [0.3, 0.4) is 0 Å². The molecule has 1 aliphatic rings. The van der Waals surface area contributed by atoms with E-state index >= 15 is 0 Å². The SMILES string of the molecule is C/C(C=O)=C\C=C/N(C=O)C1CC1.CO. The first-order valence-electron chi connectivity index (χ1n) is 4.75. The van der Waals surface area contributed by atoms with Gasteiger partial charge in [-0.15, -0.1) is 0 Å². The fourth-order valence-electron chi connectivity index (χ4n) is 0.949. The smallest absolute Gasteiger partial charge is 0.213 e. The fourth-order valence-corrected chi connectivity index (χ4v) is 0.949. The fraction of sp³-hybridized carbons (Fsp3) is 0.455. The normalized spacial score (nSPS) is 15.5. The van der Waals surface area contributed by atoms with Crippen LogP contribution in [0.25, 0.3) is 0 Å². The molecule has 84 valence electrons. The lowest BCUT2D eigenvalue weighted by Crippen LogP contribution is -2.16. The molecule has 0 heterocycles. The van der Waals surface area contributed by atoms with Crippen LogP contribution < -0.4 is 0 Å². The summed E-state index contributed by atoms with van der Waals surface area (Å²) < 4.78 is 0. The van der Waals surface area contributed by atoms with Gasteiger partial charge in [-0.2, -0.15) is 0 Å². The zero-order chi connectivity index (χ0) is 11.7. The van der Waals surface area contributed by atoms with Crippen LogP contribution in [0.2, 0.25) is 0 Å². The number of aldehydes is 1. The van der Waals surface area contributed by atoms with Gasteiger partial charge in [-0.1, -0.05) is 6.08 Å². The summed E-state index contributed by atoms with van der Waals surface area (Å²) >= 11 is 0. The highest BCUT2D eigenvalue weighted by Gasteiger charge is 2.26. The minimum Gasteiger partial charge on any atom is -0.400 e. The number of allylic oxidation sites excluding steroid dienone is 3. The first kappa shape index (κ1) is 13.6. The highest BCUT2D eigenvalue weighted by atomic mass is 16.2. The highest BCUT2D eigenvalue weighted by molar-refractivity contribution is 5.72. The average molecular weight is 211 g/mol. The summed E-state index contributed by atoms with van der Waals surface area (Å²) in [5.74, 6) is 0. The van der Waals surface area contributed by atoms with Crippen LogP contribution in [0.1, 0.15) is 19.8 Å². The molecule has 0 aromatic carbocycles. The third kappa shape index (κ3) is 5.80. The van der Waals surface area contributed by atoms with Gasteiger partial charge in [-0.05, 0) is 31.4 Å². The topological polar surface area (TPSA) is 57.6 Å². The third-order valence-electron chi connectivity index (χ3n) is 1.89. The van der Waals surface area contributed by atoms with E-state index in [0.717, 1.165) is 32.6 Å². The number of carbonyl (C=O) groups excluding carboxylic acids is 2. The molecule has 1 aliphatic carbocycles. The Kier molecular flexibility index (Phi) is 7.18. The standard InChI is InChI=1S/C10H13NO2.CH4O/c1-9(7-12)3-2-6-11(8-13)10-4-5-10;1-2/h2-3,6-8,10H,4-5H2,1H3;2H,1H3/b6-2-,9-3+;. The van der Waals surface area contributed by atoms with E-state index in [1.165, 1.54) is 0 Å². The van der Waals surface area contributed by atoms with Gasteiger partial charge in [0.05, 0.1) is 0 Å². The van der Waals surface area contributed by atoms with Gasteiger partial charge in [0, 0.05) is 19.4 Å². The van der Waals surface area contributed by atoms with Crippen molar-refractivity contribution in [2.24, 2.45) is 0 Å². The Morgan fingerprint density at radius 3 is 2.33 bits per heavy atom. The zero-order valence-electron chi connectivity index (χ0n) is 9.09. The molecule has 0 saturated heterocycles. The van der Waals surface area contributed by atoms with E-state index in [9.17, 15) is 9.59 Å². The first-order valence-corrected chi connectivity index (χ1v) is 4.75. The van der Waals surface area contributed by atoms with Crippen LogP contribution in [0.15, 0.2) is 23.9 Å². The minimum atomic E-state index is 0.388. The molecule has 1 saturated carbocycles. The van der Waals surface area contributed by atoms with Crippen LogP contribution in [-0.4, -0.2) is 35.9 Å². The van der Waals surface area contributed by atoms with Crippen LogP contribution in [-0.2, 0) is 9.59 Å². The summed E-state index contributed by atoms with van der Waals surface area (Å²) in [7, 11) is 1.00. The van der Waals surface area contributed by atoms with Gasteiger partial charge < -0.3 is 10.0 Å². The van der Waals surface area contributed by atoms with Gasteiger partial charge in [-0.25, -0.2) is 0 Å². The molecule has 0 aromatic rings. The number of carbonyl (C=O) groups is 2. The molecule has 4 nitrogen and oxygen atoms in total. The Labute approximate surface area is 89.9 Å². The maximum absolute atomic E-state index is 10.5. The number of hydrogen-bond acceptors (Lipinski definition) is 3. The Morgan fingerprint density at radius 1 is 1.33 bits per heavy atom. The molecule has 1 N–H and O–H groups in total. The predicted octanol–water partition coefficient (Wildman–Crippen LogP) is 0.875. The summed E-state index contributed by atoms with van der Waals surface area (Å²) in [6.07, 6.45) is 8.88. The summed E-state index contributed by atoms with van der Waals surface area (Å²) in [5.41, 5.74) is 0.651. The lowest BCUT2D eigenvalue weighted by atomic mass is 10.3. The van der Waals surface area contributed by atoms with Gasteiger partial charge in [-0.3, -0.25) is 9.59 Å². The van der Waals surface area contributed by atoms with Crippen molar-refractivity contribution < 1.29 is 14.7 Å². The summed E-state index contributed by atoms with van der Waals surface area (Å²) in [6, 6.07) is 0.388. The summed E-state index contributed by atoms with van der Waals surface area (Å²) in [5, 5.41) is 7.00. The van der Waals surface area contributed by atoms with Crippen molar-refractivity contribution in [3.63, 3.8) is 0 Å². The number of hydrogen-bond donors (Lipinski definition) is 1. The van der Waals surface area contributed by atoms with Crippen LogP contribution in [0.4, 0.5) is 0 Å². The van der Waals surface area contributed by atoms with E-state index < -0.39 is 0 Å². The number of aliphatic hydroxyl groups excluding tert-OH is 1. The molecule has 4 heteroatoms. The van der Waals surface area contributed by atoms with Gasteiger partial charge in [0.25, 0.3) is 0 Å². The highest BCUT2D eigenvalue weighted by Crippen LogP contribution is 2.25. The molecule has 0 atom stereocenters. The van der Waals surface area contributed by atoms with Crippen molar-refractivity contribution in [1.82, 2.24) is 4.90 Å². The second kappa shape index (κ2) is 7.94. The van der Waals surface area contributed by atoms with Crippen molar-refractivity contribution >= 4 is 12.7 Å². The molecule has 1 amide bonds. The van der Waals surface area contributed by atoms with Crippen molar-refractivity contribution in [2.75, 3.05) is 7.11 Å². The van der Waals surface area contributed by atoms with E-state index in [2.05, 4.69) is 0 Å². The number of amides is 1. The monoisotopic (exact) mass is 211 g/mol. The van der Waals surface area contributed by atoms with E-state index in [1.807, 2.05) is 0 Å². The van der Waals surface area contributed by atoms with Crippen molar-refractivity contribution in [1.29, 1.82) is 0 Å². The molecule has 0 unspecified atom stereocenters. The summed E-state index contributed by atoms with van der Waals surface area (Å²) in [6.45, 7) is 1.72. The van der Waals surface area contributed by atoms with Crippen LogP contribution in [0, 0.1) is 0 Å². The molecule has 15 heavy (non-hydrogen) atoms. The van der Waals surface area contributed by atoms with E-state index in [4.69, 9.17) is 5.11 Å². The van der Waals surface area contributed by atoms with E-state index in [1.54, 1.807) is 30.2 Å². The summed E-state index contributed by atoms with van der Waals surface area (Å²) in [4.78, 5) is 22.4. The van der Waals surface area contributed by atoms with E-state index in [-0.39, 0.29) is 0 Å². The molecule has 0 bridgehead atoms. The zero-order valence-corrected chi connectivity index (χ0v) is 9.09. The molecule has 0 aliphatic heterocycles. The van der Waals surface area contributed by atoms with Crippen LogP contribution in [0.5, 0.6) is 0 Å². The minimum absolute atomic E-state index is 0.388. The van der Waals surface area contributed by atoms with E-state index in [0.29, 0.717) is 11.6 Å². The Balaban J connectivity index is 0.000000921. The molecule has 0 aromatic heterocycles.